The van der Waals surface area contributed by atoms with Crippen LogP contribution in [0.3, 0.4) is 0 Å². The summed E-state index contributed by atoms with van der Waals surface area (Å²) in [6, 6.07) is 0. The van der Waals surface area contributed by atoms with E-state index in [9.17, 15) is 4.79 Å². The first-order chi connectivity index (χ1) is 7.93. The number of esters is 1. The van der Waals surface area contributed by atoms with Gasteiger partial charge in [0.25, 0.3) is 0 Å². The van der Waals surface area contributed by atoms with Crippen molar-refractivity contribution < 1.29 is 9.53 Å². The topological polar surface area (TPSA) is 44.1 Å². The summed E-state index contributed by atoms with van der Waals surface area (Å²) < 4.78 is 7.02. The van der Waals surface area contributed by atoms with Gasteiger partial charge in [-0.25, -0.2) is 4.98 Å². The number of methoxy groups -OCH3 is 1. The fraction of sp³-hybridized carbons (Fsp3) is 0.692. The molecule has 0 amide bonds. The number of imidazole rings is 1. The number of ether oxygens (including phenoxy) is 1. The van der Waals surface area contributed by atoms with Crippen molar-refractivity contribution in [1.82, 2.24) is 9.55 Å². The largest absolute Gasteiger partial charge is 0.469 e. The first-order valence-corrected chi connectivity index (χ1v) is 6.06. The zero-order valence-electron chi connectivity index (χ0n) is 11.0. The molecule has 1 aliphatic heterocycles. The quantitative estimate of drug-likeness (QED) is 0.700. The summed E-state index contributed by atoms with van der Waals surface area (Å²) in [6.07, 6.45) is 3.71. The fourth-order valence-electron chi connectivity index (χ4n) is 2.41. The van der Waals surface area contributed by atoms with Gasteiger partial charge in [-0.1, -0.05) is 20.8 Å². The number of nitrogens with zero attached hydrogens (tertiary/aromatic N) is 2. The van der Waals surface area contributed by atoms with E-state index in [1.807, 2.05) is 6.20 Å². The van der Waals surface area contributed by atoms with Crippen LogP contribution in [0.25, 0.3) is 0 Å². The molecular formula is C13H20N2O2. The van der Waals surface area contributed by atoms with Gasteiger partial charge in [-0.3, -0.25) is 4.79 Å². The monoisotopic (exact) mass is 236 g/mol. The van der Waals surface area contributed by atoms with Gasteiger partial charge in [0, 0.05) is 23.9 Å². The molecule has 1 aromatic rings. The Labute approximate surface area is 102 Å². The average molecular weight is 236 g/mol. The Balaban J connectivity index is 2.29. The van der Waals surface area contributed by atoms with Crippen LogP contribution < -0.4 is 0 Å². The molecular weight excluding hydrogens is 216 g/mol. The van der Waals surface area contributed by atoms with Crippen LogP contribution in [-0.4, -0.2) is 22.6 Å². The Bertz CT molecular complexity index is 429. The summed E-state index contributed by atoms with van der Waals surface area (Å²) in [4.78, 5) is 16.1. The first-order valence-electron chi connectivity index (χ1n) is 6.06. The van der Waals surface area contributed by atoms with Gasteiger partial charge in [-0.2, -0.15) is 0 Å². The molecule has 17 heavy (non-hydrogen) atoms. The summed E-state index contributed by atoms with van der Waals surface area (Å²) in [5.41, 5.74) is 1.24. The van der Waals surface area contributed by atoms with Crippen molar-refractivity contribution in [2.45, 2.75) is 45.6 Å². The van der Waals surface area contributed by atoms with Crippen molar-refractivity contribution in [3.8, 4) is 0 Å². The van der Waals surface area contributed by atoms with Gasteiger partial charge < -0.3 is 9.30 Å². The van der Waals surface area contributed by atoms with E-state index in [4.69, 9.17) is 4.74 Å². The van der Waals surface area contributed by atoms with Crippen molar-refractivity contribution >= 4 is 5.97 Å². The molecule has 0 aromatic carbocycles. The van der Waals surface area contributed by atoms with Crippen LogP contribution in [-0.2, 0) is 27.9 Å². The number of hydrogen-bond donors (Lipinski definition) is 0. The molecule has 1 unspecified atom stereocenters. The third kappa shape index (κ3) is 2.21. The van der Waals surface area contributed by atoms with Crippen LogP contribution in [0.5, 0.6) is 0 Å². The summed E-state index contributed by atoms with van der Waals surface area (Å²) in [5.74, 6) is 0.924. The summed E-state index contributed by atoms with van der Waals surface area (Å²) in [7, 11) is 1.45. The van der Waals surface area contributed by atoms with E-state index in [-0.39, 0.29) is 17.3 Å². The van der Waals surface area contributed by atoms with Gasteiger partial charge in [-0.15, -0.1) is 0 Å². The molecule has 0 saturated heterocycles. The van der Waals surface area contributed by atoms with Gasteiger partial charge in [0.1, 0.15) is 5.82 Å². The second kappa shape index (κ2) is 4.17. The molecule has 2 rings (SSSR count). The van der Waals surface area contributed by atoms with Crippen LogP contribution in [0.15, 0.2) is 6.20 Å². The molecule has 0 aliphatic carbocycles. The van der Waals surface area contributed by atoms with E-state index in [1.54, 1.807) is 0 Å². The first kappa shape index (κ1) is 12.1. The maximum absolute atomic E-state index is 11.6. The van der Waals surface area contributed by atoms with Crippen molar-refractivity contribution in [3.05, 3.63) is 17.7 Å². The number of rotatable bonds is 1. The average Bonchev–Trinajstić information content (AvgIpc) is 2.70. The molecule has 0 N–H and O–H groups in total. The lowest BCUT2D eigenvalue weighted by atomic mass is 9.93. The number of carbonyl (C=O) groups is 1. The number of aromatic nitrogens is 2. The maximum Gasteiger partial charge on any atom is 0.310 e. The number of aryl methyl sites for hydroxylation is 1. The molecule has 2 heterocycles. The third-order valence-electron chi connectivity index (χ3n) is 3.30. The molecule has 4 heteroatoms. The lowest BCUT2D eigenvalue weighted by molar-refractivity contribution is -0.146. The molecule has 0 fully saturated rings. The Morgan fingerprint density at radius 1 is 1.53 bits per heavy atom. The van der Waals surface area contributed by atoms with E-state index < -0.39 is 0 Å². The highest BCUT2D eigenvalue weighted by atomic mass is 16.5. The number of hydrogen-bond acceptors (Lipinski definition) is 3. The smallest absolute Gasteiger partial charge is 0.310 e. The van der Waals surface area contributed by atoms with Crippen molar-refractivity contribution in [1.29, 1.82) is 0 Å². The molecule has 0 saturated carbocycles. The van der Waals surface area contributed by atoms with Gasteiger partial charge in [-0.05, 0) is 12.8 Å². The lowest BCUT2D eigenvalue weighted by Crippen LogP contribution is -2.30. The zero-order chi connectivity index (χ0) is 12.6. The van der Waals surface area contributed by atoms with Crippen LogP contribution in [0, 0.1) is 5.92 Å². The van der Waals surface area contributed by atoms with E-state index in [2.05, 4.69) is 30.3 Å². The Morgan fingerprint density at radius 2 is 2.24 bits per heavy atom. The minimum absolute atomic E-state index is 0.0102. The Hall–Kier alpha value is -1.32. The van der Waals surface area contributed by atoms with Crippen LogP contribution in [0.1, 0.15) is 38.7 Å². The molecule has 4 nitrogen and oxygen atoms in total. The minimum atomic E-state index is -0.107. The minimum Gasteiger partial charge on any atom is -0.469 e. The van der Waals surface area contributed by atoms with Crippen LogP contribution in [0.2, 0.25) is 0 Å². The summed E-state index contributed by atoms with van der Waals surface area (Å²) in [5, 5.41) is 0. The number of carbonyl (C=O) groups excluding carboxylic acids is 1. The molecule has 0 radical (unpaired) electrons. The number of fused-ring (bicyclic) bond motifs is 1. The van der Waals surface area contributed by atoms with Crippen molar-refractivity contribution in [3.63, 3.8) is 0 Å². The van der Waals surface area contributed by atoms with Crippen molar-refractivity contribution in [2.75, 3.05) is 7.11 Å². The third-order valence-corrected chi connectivity index (χ3v) is 3.30. The molecule has 94 valence electrons. The van der Waals surface area contributed by atoms with Crippen LogP contribution in [0.4, 0.5) is 0 Å². The summed E-state index contributed by atoms with van der Waals surface area (Å²) in [6.45, 7) is 7.13. The normalized spacial score (nSPS) is 19.9. The van der Waals surface area contributed by atoms with Gasteiger partial charge in [0.15, 0.2) is 0 Å². The van der Waals surface area contributed by atoms with Gasteiger partial charge in [0.2, 0.25) is 0 Å². The predicted molar refractivity (Wildman–Crippen MR) is 64.8 cm³/mol. The Kier molecular flexibility index (Phi) is 2.98. The van der Waals surface area contributed by atoms with E-state index in [1.165, 1.54) is 12.8 Å². The van der Waals surface area contributed by atoms with Gasteiger partial charge in [0.05, 0.1) is 13.0 Å². The highest BCUT2D eigenvalue weighted by Gasteiger charge is 2.30. The maximum atomic E-state index is 11.6. The second-order valence-electron chi connectivity index (χ2n) is 5.69. The SMILES string of the molecule is COC(=O)C1CCc2cnc(C(C)(C)C)n2C1. The van der Waals surface area contributed by atoms with E-state index >= 15 is 0 Å². The predicted octanol–water partition coefficient (Wildman–Crippen LogP) is 1.92. The molecule has 0 bridgehead atoms. The second-order valence-corrected chi connectivity index (χ2v) is 5.69. The molecule has 1 atom stereocenters. The molecule has 0 spiro atoms. The molecule has 1 aliphatic rings. The highest BCUT2D eigenvalue weighted by Crippen LogP contribution is 2.28. The summed E-state index contributed by atoms with van der Waals surface area (Å²) >= 11 is 0. The standard InChI is InChI=1S/C13H20N2O2/c1-13(2,3)12-14-7-10-6-5-9(8-15(10)12)11(16)17-4/h7,9H,5-6,8H2,1-4H3. The van der Waals surface area contributed by atoms with Crippen LogP contribution >= 0.6 is 0 Å². The Morgan fingerprint density at radius 3 is 2.82 bits per heavy atom. The zero-order valence-corrected chi connectivity index (χ0v) is 11.0. The van der Waals surface area contributed by atoms with E-state index in [0.717, 1.165) is 18.7 Å². The molecule has 1 aromatic heterocycles. The highest BCUT2D eigenvalue weighted by molar-refractivity contribution is 5.72. The van der Waals surface area contributed by atoms with E-state index in [0.29, 0.717) is 6.54 Å². The van der Waals surface area contributed by atoms with Gasteiger partial charge >= 0.3 is 5.97 Å². The lowest BCUT2D eigenvalue weighted by Gasteiger charge is -2.27. The van der Waals surface area contributed by atoms with Crippen molar-refractivity contribution in [2.24, 2.45) is 5.92 Å². The fourth-order valence-corrected chi connectivity index (χ4v) is 2.41.